The van der Waals surface area contributed by atoms with Crippen LogP contribution in [0, 0.1) is 17.8 Å². The van der Waals surface area contributed by atoms with E-state index in [1.54, 1.807) is 0 Å². The molecule has 0 spiro atoms. The van der Waals surface area contributed by atoms with Gasteiger partial charge in [-0.3, -0.25) is 24.2 Å². The Morgan fingerprint density at radius 1 is 1.15 bits per heavy atom. The van der Waals surface area contributed by atoms with Crippen LogP contribution in [0.15, 0.2) is 22.7 Å². The van der Waals surface area contributed by atoms with Crippen molar-refractivity contribution in [2.24, 2.45) is 23.5 Å². The van der Waals surface area contributed by atoms with Gasteiger partial charge in [0.15, 0.2) is 17.1 Å². The molecule has 7 atom stereocenters. The van der Waals surface area contributed by atoms with Crippen LogP contribution in [0.5, 0.6) is 11.5 Å². The highest BCUT2D eigenvalue weighted by atomic mass is 19.4. The molecule has 248 valence electrons. The number of phenolic OH excluding ortho intramolecular Hbond substituents is 1. The SMILES string of the molecule is CN(C)[C@@H]1C(O)=C(C(N)=O)C(=O)[C@@]2(O)C(O)=C3C(=O)c4c(O)c5c(c(OC(F)(F)F)c4C[C@H]3C[C@@H]12)C1C(CN5)CC2CCCCN21. The minimum Gasteiger partial charge on any atom is -0.510 e. The Kier molecular flexibility index (Phi) is 6.76. The van der Waals surface area contributed by atoms with Gasteiger partial charge in [0.2, 0.25) is 5.78 Å². The summed E-state index contributed by atoms with van der Waals surface area (Å²) < 4.78 is 47.2. The van der Waals surface area contributed by atoms with Gasteiger partial charge in [-0.25, -0.2) is 0 Å². The molecule has 1 aromatic rings. The Morgan fingerprint density at radius 2 is 1.87 bits per heavy atom. The standard InChI is InChI=1S/C31H35F3N4O8/c1-37(2)22-15-9-11-8-14-17(23(39)16(11)27(42)30(15,45)28(43)19(25(22)41)29(35)44)24(40)20-18(26(14)46-31(32,33)34)21-12(10-36-20)7-13-5-3-4-6-38(13)21/h11-13,15,21-22,36,40-42,45H,3-10H2,1-2H3,(H2,35,44)/t11-,12?,13?,15-,21?,22-,30-/m0/s1. The maximum atomic E-state index is 14.2. The molecule has 15 heteroatoms. The number of fused-ring (bicyclic) bond motifs is 8. The van der Waals surface area contributed by atoms with Crippen molar-refractivity contribution in [3.05, 3.63) is 39.4 Å². The third-order valence-electron chi connectivity index (χ3n) is 11.0. The number of amides is 1. The van der Waals surface area contributed by atoms with Crippen molar-refractivity contribution in [3.8, 4) is 11.5 Å². The zero-order valence-corrected chi connectivity index (χ0v) is 25.1. The second-order valence-corrected chi connectivity index (χ2v) is 13.5. The fourth-order valence-electron chi connectivity index (χ4n) is 9.29. The minimum absolute atomic E-state index is 0.0598. The van der Waals surface area contributed by atoms with Crippen LogP contribution in [0.4, 0.5) is 18.9 Å². The van der Waals surface area contributed by atoms with Gasteiger partial charge in [-0.2, -0.15) is 0 Å². The van der Waals surface area contributed by atoms with Gasteiger partial charge < -0.3 is 36.2 Å². The molecule has 1 aromatic carbocycles. The molecule has 3 aliphatic heterocycles. The van der Waals surface area contributed by atoms with Gasteiger partial charge in [0.1, 0.15) is 22.8 Å². The molecule has 12 nitrogen and oxygen atoms in total. The van der Waals surface area contributed by atoms with E-state index in [-0.39, 0.29) is 41.6 Å². The van der Waals surface area contributed by atoms with Crippen molar-refractivity contribution in [2.75, 3.05) is 32.5 Å². The summed E-state index contributed by atoms with van der Waals surface area (Å²) >= 11 is 0. The number of carbonyl (C=O) groups excluding carboxylic acids is 3. The van der Waals surface area contributed by atoms with E-state index in [0.717, 1.165) is 25.7 Å². The second kappa shape index (κ2) is 10.1. The number of hydrogen-bond donors (Lipinski definition) is 6. The largest absolute Gasteiger partial charge is 0.573 e. The number of aliphatic hydroxyl groups excluding tert-OH is 2. The van der Waals surface area contributed by atoms with Gasteiger partial charge in [-0.1, -0.05) is 6.42 Å². The average molecular weight is 649 g/mol. The summed E-state index contributed by atoms with van der Waals surface area (Å²) in [5.41, 5.74) is 0.459. The summed E-state index contributed by atoms with van der Waals surface area (Å²) in [6.45, 7) is 1.02. The number of aliphatic hydroxyl groups is 3. The number of halogens is 3. The summed E-state index contributed by atoms with van der Waals surface area (Å²) in [7, 11) is 2.98. The van der Waals surface area contributed by atoms with Gasteiger partial charge in [0.05, 0.1) is 17.3 Å². The normalized spacial score (nSPS) is 33.9. The molecule has 7 N–H and O–H groups in total. The number of hydrogen-bond acceptors (Lipinski definition) is 11. The molecule has 3 heterocycles. The first kappa shape index (κ1) is 30.8. The van der Waals surface area contributed by atoms with Gasteiger partial charge in [0, 0.05) is 41.2 Å². The number of nitrogens with one attached hydrogen (secondary N) is 1. The Balaban J connectivity index is 1.44. The van der Waals surface area contributed by atoms with Crippen molar-refractivity contribution >= 4 is 23.2 Å². The lowest BCUT2D eigenvalue weighted by atomic mass is 9.58. The number of allylic oxidation sites excluding steroid dienone is 1. The number of phenols is 1. The van der Waals surface area contributed by atoms with Crippen LogP contribution in [-0.2, 0) is 16.0 Å². The van der Waals surface area contributed by atoms with Gasteiger partial charge in [-0.05, 0) is 64.6 Å². The Morgan fingerprint density at radius 3 is 2.52 bits per heavy atom. The van der Waals surface area contributed by atoms with E-state index in [1.807, 2.05) is 0 Å². The second-order valence-electron chi connectivity index (χ2n) is 13.5. The topological polar surface area (TPSA) is 186 Å². The van der Waals surface area contributed by atoms with E-state index in [9.17, 15) is 48.0 Å². The van der Waals surface area contributed by atoms with E-state index in [1.165, 1.54) is 19.0 Å². The van der Waals surface area contributed by atoms with Crippen LogP contribution >= 0.6 is 0 Å². The summed E-state index contributed by atoms with van der Waals surface area (Å²) in [6.07, 6.45) is -2.18. The van der Waals surface area contributed by atoms with Crippen molar-refractivity contribution in [1.29, 1.82) is 0 Å². The minimum atomic E-state index is -5.15. The Hall–Kier alpha value is -3.82. The molecule has 0 bridgehead atoms. The smallest absolute Gasteiger partial charge is 0.510 e. The number of ketones is 2. The average Bonchev–Trinajstić information content (AvgIpc) is 3.35. The summed E-state index contributed by atoms with van der Waals surface area (Å²) in [4.78, 5) is 43.5. The number of primary amides is 1. The lowest BCUT2D eigenvalue weighted by molar-refractivity contribution is -0.275. The molecule has 3 aliphatic carbocycles. The molecule has 7 rings (SSSR count). The monoisotopic (exact) mass is 648 g/mol. The van der Waals surface area contributed by atoms with E-state index in [2.05, 4.69) is 10.2 Å². The molecular formula is C31H35F3N4O8. The number of rotatable bonds is 3. The third kappa shape index (κ3) is 4.06. The third-order valence-corrected chi connectivity index (χ3v) is 11.0. The Bertz CT molecular complexity index is 1650. The predicted octanol–water partition coefficient (Wildman–Crippen LogP) is 2.36. The number of carbonyl (C=O) groups is 3. The number of benzene rings is 1. The highest BCUT2D eigenvalue weighted by Crippen LogP contribution is 2.60. The van der Waals surface area contributed by atoms with Crippen LogP contribution in [0.3, 0.4) is 0 Å². The highest BCUT2D eigenvalue weighted by Gasteiger charge is 2.64. The molecule has 2 fully saturated rings. The molecule has 46 heavy (non-hydrogen) atoms. The van der Waals surface area contributed by atoms with Crippen molar-refractivity contribution in [1.82, 2.24) is 9.80 Å². The van der Waals surface area contributed by atoms with Crippen molar-refractivity contribution < 1.29 is 52.7 Å². The van der Waals surface area contributed by atoms with Gasteiger partial charge in [-0.15, -0.1) is 13.2 Å². The molecule has 0 saturated carbocycles. The Labute approximate surface area is 261 Å². The van der Waals surface area contributed by atoms with Crippen molar-refractivity contribution in [3.63, 3.8) is 0 Å². The lowest BCUT2D eigenvalue weighted by Crippen LogP contribution is -2.63. The van der Waals surface area contributed by atoms with Gasteiger partial charge in [0.25, 0.3) is 5.91 Å². The van der Waals surface area contributed by atoms with Crippen LogP contribution in [0.1, 0.15) is 59.6 Å². The quantitative estimate of drug-likeness (QED) is 0.209. The zero-order valence-electron chi connectivity index (χ0n) is 25.1. The first-order valence-electron chi connectivity index (χ1n) is 15.4. The number of Topliss-reactive ketones (excluding diaryl/α,β-unsaturated/α-hetero) is 2. The van der Waals surface area contributed by atoms with Crippen LogP contribution in [0.25, 0.3) is 0 Å². The number of likely N-dealkylation sites (N-methyl/N-ethyl adjacent to an activating group) is 1. The molecular weight excluding hydrogens is 613 g/mol. The van der Waals surface area contributed by atoms with Gasteiger partial charge >= 0.3 is 6.36 Å². The lowest BCUT2D eigenvalue weighted by Gasteiger charge is -2.50. The number of nitrogens with zero attached hydrogens (tertiary/aromatic N) is 2. The van der Waals surface area contributed by atoms with E-state index in [4.69, 9.17) is 10.5 Å². The maximum absolute atomic E-state index is 14.2. The summed E-state index contributed by atoms with van der Waals surface area (Å²) in [6, 6.07) is -1.56. The molecule has 1 amide bonds. The number of ether oxygens (including phenoxy) is 1. The molecule has 2 saturated heterocycles. The fourth-order valence-corrected chi connectivity index (χ4v) is 9.29. The summed E-state index contributed by atoms with van der Waals surface area (Å²) in [5.74, 6) is -9.26. The number of aromatic hydroxyl groups is 1. The highest BCUT2D eigenvalue weighted by molar-refractivity contribution is 6.25. The molecule has 6 aliphatic rings. The fraction of sp³-hybridized carbons (Fsp3) is 0.581. The first-order chi connectivity index (χ1) is 21.6. The van der Waals surface area contributed by atoms with Crippen molar-refractivity contribution in [2.45, 2.75) is 68.6 Å². The predicted molar refractivity (Wildman–Crippen MR) is 154 cm³/mol. The maximum Gasteiger partial charge on any atom is 0.573 e. The van der Waals surface area contributed by atoms with Crippen LogP contribution in [0.2, 0.25) is 0 Å². The summed E-state index contributed by atoms with van der Waals surface area (Å²) in [5, 5.41) is 49.0. The van der Waals surface area contributed by atoms with Crippen LogP contribution < -0.4 is 15.8 Å². The zero-order chi connectivity index (χ0) is 33.2. The first-order valence-corrected chi connectivity index (χ1v) is 15.4. The van der Waals surface area contributed by atoms with Crippen LogP contribution in [-0.4, -0.2) is 98.9 Å². The van der Waals surface area contributed by atoms with E-state index in [0.29, 0.717) is 13.1 Å². The number of piperidine rings is 1. The number of anilines is 1. The molecule has 0 aromatic heterocycles. The van der Waals surface area contributed by atoms with E-state index < -0.39 is 93.1 Å². The molecule has 3 unspecified atom stereocenters. The van der Waals surface area contributed by atoms with E-state index >= 15 is 0 Å². The molecule has 0 radical (unpaired) electrons. The number of alkyl halides is 3. The number of nitrogens with two attached hydrogens (primary N) is 1.